The summed E-state index contributed by atoms with van der Waals surface area (Å²) in [6.07, 6.45) is 2.17. The summed E-state index contributed by atoms with van der Waals surface area (Å²) < 4.78 is 5.31. The van der Waals surface area contributed by atoms with Gasteiger partial charge in [-0.25, -0.2) is 0 Å². The van der Waals surface area contributed by atoms with Gasteiger partial charge in [0.2, 0.25) is 5.91 Å². The van der Waals surface area contributed by atoms with Crippen molar-refractivity contribution < 1.29 is 9.53 Å². The molecule has 0 aliphatic rings. The van der Waals surface area contributed by atoms with Gasteiger partial charge in [0.25, 0.3) is 0 Å². The van der Waals surface area contributed by atoms with E-state index in [1.807, 2.05) is 31.2 Å². The molecule has 0 aromatic heterocycles. The van der Waals surface area contributed by atoms with Crippen LogP contribution < -0.4 is 10.1 Å². The van der Waals surface area contributed by atoms with Gasteiger partial charge in [0.15, 0.2) is 0 Å². The van der Waals surface area contributed by atoms with Crippen molar-refractivity contribution in [2.45, 2.75) is 13.3 Å². The molecule has 0 fully saturated rings. The Morgan fingerprint density at radius 2 is 2.13 bits per heavy atom. The van der Waals surface area contributed by atoms with E-state index in [1.165, 1.54) is 0 Å². The molecule has 1 N–H and O–H groups in total. The van der Waals surface area contributed by atoms with Gasteiger partial charge in [0.1, 0.15) is 12.4 Å². The van der Waals surface area contributed by atoms with Gasteiger partial charge in [-0.2, -0.15) is 0 Å². The normalized spacial score (nSPS) is 9.40. The average Bonchev–Trinajstić information content (AvgIpc) is 2.28. The van der Waals surface area contributed by atoms with Crippen LogP contribution >= 0.6 is 0 Å². The van der Waals surface area contributed by atoms with Crippen LogP contribution in [-0.4, -0.2) is 12.5 Å². The summed E-state index contributed by atoms with van der Waals surface area (Å²) >= 11 is 0. The second-order valence-electron chi connectivity index (χ2n) is 3.03. The molecule has 1 aromatic rings. The van der Waals surface area contributed by atoms with Crippen molar-refractivity contribution >= 4 is 11.6 Å². The van der Waals surface area contributed by atoms with Crippen LogP contribution in [0.3, 0.4) is 0 Å². The van der Waals surface area contributed by atoms with Gasteiger partial charge < -0.3 is 10.1 Å². The molecule has 1 aromatic carbocycles. The third-order valence-electron chi connectivity index (χ3n) is 1.83. The fourth-order valence-corrected chi connectivity index (χ4v) is 1.04. The maximum Gasteiger partial charge on any atom is 0.224 e. The smallest absolute Gasteiger partial charge is 0.224 e. The van der Waals surface area contributed by atoms with Crippen LogP contribution in [0.1, 0.15) is 13.3 Å². The van der Waals surface area contributed by atoms with E-state index in [0.29, 0.717) is 13.0 Å². The lowest BCUT2D eigenvalue weighted by Gasteiger charge is -2.05. The van der Waals surface area contributed by atoms with Crippen LogP contribution in [0, 0.1) is 0 Å². The summed E-state index contributed by atoms with van der Waals surface area (Å²) in [5.41, 5.74) is 0.785. The lowest BCUT2D eigenvalue weighted by atomic mass is 10.3. The fourth-order valence-electron chi connectivity index (χ4n) is 1.04. The molecule has 0 aliphatic carbocycles. The molecule has 15 heavy (non-hydrogen) atoms. The van der Waals surface area contributed by atoms with E-state index in [2.05, 4.69) is 11.9 Å². The number of carbonyl (C=O) groups is 1. The number of carbonyl (C=O) groups excluding carboxylic acids is 1. The minimum atomic E-state index is 0.00904. The van der Waals surface area contributed by atoms with Crippen LogP contribution in [0.4, 0.5) is 5.69 Å². The van der Waals surface area contributed by atoms with Gasteiger partial charge in [-0.3, -0.25) is 4.79 Å². The zero-order valence-corrected chi connectivity index (χ0v) is 8.82. The van der Waals surface area contributed by atoms with Crippen molar-refractivity contribution in [3.05, 3.63) is 36.9 Å². The maximum absolute atomic E-state index is 11.1. The summed E-state index contributed by atoms with van der Waals surface area (Å²) in [6.45, 7) is 5.86. The highest BCUT2D eigenvalue weighted by Crippen LogP contribution is 2.15. The van der Waals surface area contributed by atoms with Crippen molar-refractivity contribution in [2.75, 3.05) is 11.9 Å². The third kappa shape index (κ3) is 3.85. The van der Waals surface area contributed by atoms with Gasteiger partial charge in [-0.1, -0.05) is 19.6 Å². The number of hydrogen-bond acceptors (Lipinski definition) is 2. The van der Waals surface area contributed by atoms with Gasteiger partial charge in [-0.05, 0) is 24.3 Å². The average molecular weight is 205 g/mol. The Hall–Kier alpha value is -1.77. The van der Waals surface area contributed by atoms with E-state index < -0.39 is 0 Å². The fraction of sp³-hybridized carbons (Fsp3) is 0.250. The Balaban J connectivity index is 2.55. The molecule has 1 rings (SSSR count). The number of nitrogens with one attached hydrogen (secondary N) is 1. The molecule has 0 unspecified atom stereocenters. The Bertz CT molecular complexity index is 330. The lowest BCUT2D eigenvalue weighted by molar-refractivity contribution is -0.115. The lowest BCUT2D eigenvalue weighted by Crippen LogP contribution is -2.09. The van der Waals surface area contributed by atoms with E-state index in [1.54, 1.807) is 6.08 Å². The summed E-state index contributed by atoms with van der Waals surface area (Å²) in [7, 11) is 0. The molecule has 0 heterocycles. The van der Waals surface area contributed by atoms with Crippen LogP contribution in [0.5, 0.6) is 5.75 Å². The topological polar surface area (TPSA) is 38.3 Å². The molecule has 0 radical (unpaired) electrons. The van der Waals surface area contributed by atoms with E-state index in [9.17, 15) is 4.79 Å². The standard InChI is InChI=1S/C12H15NO2/c1-3-9-15-11-7-5-10(6-8-11)13-12(14)4-2/h3,5-8H,1,4,9H2,2H3,(H,13,14). The zero-order chi connectivity index (χ0) is 11.1. The van der Waals surface area contributed by atoms with Crippen LogP contribution in [0.2, 0.25) is 0 Å². The highest BCUT2D eigenvalue weighted by Gasteiger charge is 1.98. The molecule has 3 heteroatoms. The van der Waals surface area contributed by atoms with Crippen LogP contribution in [0.15, 0.2) is 36.9 Å². The molecule has 0 spiro atoms. The first-order chi connectivity index (χ1) is 7.26. The van der Waals surface area contributed by atoms with Crippen LogP contribution in [-0.2, 0) is 4.79 Å². The summed E-state index contributed by atoms with van der Waals surface area (Å²) in [5.74, 6) is 0.777. The number of ether oxygens (including phenoxy) is 1. The highest BCUT2D eigenvalue weighted by atomic mass is 16.5. The summed E-state index contributed by atoms with van der Waals surface area (Å²) in [6, 6.07) is 7.25. The molecule has 80 valence electrons. The highest BCUT2D eigenvalue weighted by molar-refractivity contribution is 5.90. The van der Waals surface area contributed by atoms with E-state index in [4.69, 9.17) is 4.74 Å². The molecule has 3 nitrogen and oxygen atoms in total. The zero-order valence-electron chi connectivity index (χ0n) is 8.82. The second-order valence-corrected chi connectivity index (χ2v) is 3.03. The minimum absolute atomic E-state index is 0.00904. The van der Waals surface area contributed by atoms with E-state index in [-0.39, 0.29) is 5.91 Å². The maximum atomic E-state index is 11.1. The number of hydrogen-bond donors (Lipinski definition) is 1. The Morgan fingerprint density at radius 3 is 2.67 bits per heavy atom. The monoisotopic (exact) mass is 205 g/mol. The number of benzene rings is 1. The molecule has 0 saturated heterocycles. The SMILES string of the molecule is C=CCOc1ccc(NC(=O)CC)cc1. The number of amides is 1. The van der Waals surface area contributed by atoms with Crippen molar-refractivity contribution in [1.82, 2.24) is 0 Å². The first kappa shape index (κ1) is 11.3. The van der Waals surface area contributed by atoms with E-state index >= 15 is 0 Å². The predicted molar refractivity (Wildman–Crippen MR) is 61.1 cm³/mol. The van der Waals surface area contributed by atoms with E-state index in [0.717, 1.165) is 11.4 Å². The Kier molecular flexibility index (Phi) is 4.41. The quantitative estimate of drug-likeness (QED) is 0.750. The van der Waals surface area contributed by atoms with Gasteiger partial charge in [-0.15, -0.1) is 0 Å². The predicted octanol–water partition coefficient (Wildman–Crippen LogP) is 2.60. The van der Waals surface area contributed by atoms with Gasteiger partial charge >= 0.3 is 0 Å². The van der Waals surface area contributed by atoms with Crippen molar-refractivity contribution in [3.8, 4) is 5.75 Å². The van der Waals surface area contributed by atoms with Crippen molar-refractivity contribution in [3.63, 3.8) is 0 Å². The summed E-state index contributed by atoms with van der Waals surface area (Å²) in [4.78, 5) is 11.1. The van der Waals surface area contributed by atoms with Crippen molar-refractivity contribution in [1.29, 1.82) is 0 Å². The molecule has 0 atom stereocenters. The number of anilines is 1. The first-order valence-corrected chi connectivity index (χ1v) is 4.90. The minimum Gasteiger partial charge on any atom is -0.490 e. The molecular weight excluding hydrogens is 190 g/mol. The first-order valence-electron chi connectivity index (χ1n) is 4.90. The van der Waals surface area contributed by atoms with Crippen LogP contribution in [0.25, 0.3) is 0 Å². The molecule has 0 saturated carbocycles. The summed E-state index contributed by atoms with van der Waals surface area (Å²) in [5, 5.41) is 2.76. The molecular formula is C12H15NO2. The Labute approximate surface area is 89.8 Å². The largest absolute Gasteiger partial charge is 0.490 e. The molecule has 0 bridgehead atoms. The van der Waals surface area contributed by atoms with Gasteiger partial charge in [0.05, 0.1) is 0 Å². The third-order valence-corrected chi connectivity index (χ3v) is 1.83. The van der Waals surface area contributed by atoms with Crippen molar-refractivity contribution in [2.24, 2.45) is 0 Å². The molecule has 1 amide bonds. The Morgan fingerprint density at radius 1 is 1.47 bits per heavy atom. The molecule has 0 aliphatic heterocycles. The second kappa shape index (κ2) is 5.86. The number of rotatable bonds is 5. The van der Waals surface area contributed by atoms with Gasteiger partial charge in [0, 0.05) is 12.1 Å².